The van der Waals surface area contributed by atoms with Gasteiger partial charge < -0.3 is 4.90 Å². The van der Waals surface area contributed by atoms with Crippen molar-refractivity contribution in [3.8, 4) is 0 Å². The van der Waals surface area contributed by atoms with E-state index in [1.54, 1.807) is 11.8 Å². The van der Waals surface area contributed by atoms with Crippen LogP contribution in [0.3, 0.4) is 0 Å². The van der Waals surface area contributed by atoms with Gasteiger partial charge in [-0.3, -0.25) is 4.79 Å². The second-order valence-corrected chi connectivity index (χ2v) is 7.70. The monoisotopic (exact) mass is 395 g/mol. The standard InChI is InChI=1S/C23H22ClNOS/c24-22-14-8-7-13-21(22)17-27-18-23(26)25(15-19-9-3-1-4-10-19)16-20-11-5-2-6-12-20/h1-14H,15-18H2. The van der Waals surface area contributed by atoms with Crippen molar-refractivity contribution in [3.05, 3.63) is 107 Å². The molecule has 3 aromatic rings. The Balaban J connectivity index is 1.63. The van der Waals surface area contributed by atoms with Crippen LogP contribution in [-0.4, -0.2) is 16.6 Å². The maximum Gasteiger partial charge on any atom is 0.233 e. The molecule has 0 spiro atoms. The number of hydrogen-bond acceptors (Lipinski definition) is 2. The van der Waals surface area contributed by atoms with E-state index in [4.69, 9.17) is 11.6 Å². The minimum Gasteiger partial charge on any atom is -0.333 e. The van der Waals surface area contributed by atoms with E-state index in [2.05, 4.69) is 24.3 Å². The van der Waals surface area contributed by atoms with Gasteiger partial charge in [-0.15, -0.1) is 11.8 Å². The highest BCUT2D eigenvalue weighted by molar-refractivity contribution is 7.99. The fourth-order valence-corrected chi connectivity index (χ4v) is 4.01. The summed E-state index contributed by atoms with van der Waals surface area (Å²) >= 11 is 7.81. The van der Waals surface area contributed by atoms with Gasteiger partial charge >= 0.3 is 0 Å². The summed E-state index contributed by atoms with van der Waals surface area (Å²) in [6, 6.07) is 28.0. The van der Waals surface area contributed by atoms with Crippen molar-refractivity contribution in [2.45, 2.75) is 18.8 Å². The van der Waals surface area contributed by atoms with Crippen LogP contribution >= 0.6 is 23.4 Å². The Kier molecular flexibility index (Phi) is 7.37. The first-order valence-corrected chi connectivity index (χ1v) is 10.4. The summed E-state index contributed by atoms with van der Waals surface area (Å²) in [5.74, 6) is 1.31. The number of carbonyl (C=O) groups excluding carboxylic acids is 1. The van der Waals surface area contributed by atoms with Crippen LogP contribution in [0.1, 0.15) is 16.7 Å². The molecule has 1 amide bonds. The molecule has 0 saturated carbocycles. The first-order chi connectivity index (χ1) is 13.2. The molecule has 0 aliphatic rings. The van der Waals surface area contributed by atoms with Crippen molar-refractivity contribution in [2.24, 2.45) is 0 Å². The minimum absolute atomic E-state index is 0.139. The molecule has 4 heteroatoms. The first kappa shape index (κ1) is 19.5. The summed E-state index contributed by atoms with van der Waals surface area (Å²) in [7, 11) is 0. The summed E-state index contributed by atoms with van der Waals surface area (Å²) in [5, 5.41) is 0.753. The average molecular weight is 396 g/mol. The molecule has 3 aromatic carbocycles. The Labute approximate surface area is 170 Å². The molecule has 0 bridgehead atoms. The lowest BCUT2D eigenvalue weighted by atomic mass is 10.1. The van der Waals surface area contributed by atoms with E-state index in [1.807, 2.05) is 65.6 Å². The Hall–Kier alpha value is -2.23. The van der Waals surface area contributed by atoms with Crippen LogP contribution < -0.4 is 0 Å². The number of thioether (sulfide) groups is 1. The van der Waals surface area contributed by atoms with Crippen LogP contribution in [0.2, 0.25) is 5.02 Å². The molecule has 0 saturated heterocycles. The molecule has 0 aliphatic carbocycles. The number of nitrogens with zero attached hydrogens (tertiary/aromatic N) is 1. The number of hydrogen-bond donors (Lipinski definition) is 0. The third kappa shape index (κ3) is 6.16. The second-order valence-electron chi connectivity index (χ2n) is 6.31. The second kappa shape index (κ2) is 10.2. The average Bonchev–Trinajstić information content (AvgIpc) is 2.70. The Morgan fingerprint density at radius 3 is 1.85 bits per heavy atom. The quantitative estimate of drug-likeness (QED) is 0.480. The zero-order chi connectivity index (χ0) is 18.9. The molecule has 0 aliphatic heterocycles. The highest BCUT2D eigenvalue weighted by Crippen LogP contribution is 2.21. The summed E-state index contributed by atoms with van der Waals surface area (Å²) in [4.78, 5) is 14.8. The lowest BCUT2D eigenvalue weighted by Crippen LogP contribution is -2.31. The first-order valence-electron chi connectivity index (χ1n) is 8.89. The number of rotatable bonds is 8. The lowest BCUT2D eigenvalue weighted by Gasteiger charge is -2.23. The minimum atomic E-state index is 0.139. The predicted octanol–water partition coefficient (Wildman–Crippen LogP) is 5.80. The van der Waals surface area contributed by atoms with Crippen molar-refractivity contribution in [1.82, 2.24) is 4.90 Å². The van der Waals surface area contributed by atoms with Gasteiger partial charge in [0.25, 0.3) is 0 Å². The normalized spacial score (nSPS) is 10.6. The summed E-state index contributed by atoms with van der Waals surface area (Å²) in [6.45, 7) is 1.22. The number of amides is 1. The maximum atomic E-state index is 12.9. The van der Waals surface area contributed by atoms with Gasteiger partial charge in [-0.1, -0.05) is 90.5 Å². The highest BCUT2D eigenvalue weighted by atomic mass is 35.5. The van der Waals surface area contributed by atoms with E-state index in [1.165, 1.54) is 0 Å². The van der Waals surface area contributed by atoms with Gasteiger partial charge in [0, 0.05) is 23.9 Å². The van der Waals surface area contributed by atoms with Crippen LogP contribution in [0.15, 0.2) is 84.9 Å². The molecule has 138 valence electrons. The van der Waals surface area contributed by atoms with Gasteiger partial charge in [0.1, 0.15) is 0 Å². The van der Waals surface area contributed by atoms with Gasteiger partial charge in [-0.2, -0.15) is 0 Å². The van der Waals surface area contributed by atoms with Crippen LogP contribution in [0.5, 0.6) is 0 Å². The molecular weight excluding hydrogens is 374 g/mol. The highest BCUT2D eigenvalue weighted by Gasteiger charge is 2.15. The largest absolute Gasteiger partial charge is 0.333 e. The number of halogens is 1. The fourth-order valence-electron chi connectivity index (χ4n) is 2.79. The smallest absolute Gasteiger partial charge is 0.233 e. The molecule has 0 unspecified atom stereocenters. The third-order valence-electron chi connectivity index (χ3n) is 4.23. The van der Waals surface area contributed by atoms with E-state index in [0.29, 0.717) is 18.8 Å². The number of benzene rings is 3. The van der Waals surface area contributed by atoms with Crippen LogP contribution in [-0.2, 0) is 23.6 Å². The SMILES string of the molecule is O=C(CSCc1ccccc1Cl)N(Cc1ccccc1)Cc1ccccc1. The van der Waals surface area contributed by atoms with Crippen molar-refractivity contribution < 1.29 is 4.79 Å². The topological polar surface area (TPSA) is 20.3 Å². The molecule has 27 heavy (non-hydrogen) atoms. The summed E-state index contributed by atoms with van der Waals surface area (Å²) in [5.41, 5.74) is 3.34. The lowest BCUT2D eigenvalue weighted by molar-refractivity contribution is -0.129. The molecule has 0 radical (unpaired) electrons. The Morgan fingerprint density at radius 2 is 1.30 bits per heavy atom. The van der Waals surface area contributed by atoms with Gasteiger partial charge in [-0.25, -0.2) is 0 Å². The molecule has 0 atom stereocenters. The molecule has 0 fully saturated rings. The van der Waals surface area contributed by atoms with Gasteiger partial charge in [0.15, 0.2) is 0 Å². The van der Waals surface area contributed by atoms with Crippen molar-refractivity contribution in [1.29, 1.82) is 0 Å². The Bertz CT molecular complexity index is 813. The van der Waals surface area contributed by atoms with E-state index in [0.717, 1.165) is 27.5 Å². The molecule has 2 nitrogen and oxygen atoms in total. The molecule has 0 aromatic heterocycles. The van der Waals surface area contributed by atoms with Crippen molar-refractivity contribution in [2.75, 3.05) is 5.75 Å². The van der Waals surface area contributed by atoms with E-state index < -0.39 is 0 Å². The summed E-state index contributed by atoms with van der Waals surface area (Å²) in [6.07, 6.45) is 0. The van der Waals surface area contributed by atoms with E-state index >= 15 is 0 Å². The van der Waals surface area contributed by atoms with Crippen molar-refractivity contribution >= 4 is 29.3 Å². The van der Waals surface area contributed by atoms with Crippen LogP contribution in [0.25, 0.3) is 0 Å². The maximum absolute atomic E-state index is 12.9. The van der Waals surface area contributed by atoms with Gasteiger partial charge in [0.05, 0.1) is 5.75 Å². The van der Waals surface area contributed by atoms with Gasteiger partial charge in [0.2, 0.25) is 5.91 Å². The van der Waals surface area contributed by atoms with Crippen molar-refractivity contribution in [3.63, 3.8) is 0 Å². The molecule has 0 heterocycles. The fraction of sp³-hybridized carbons (Fsp3) is 0.174. The van der Waals surface area contributed by atoms with Gasteiger partial charge in [-0.05, 0) is 22.8 Å². The predicted molar refractivity (Wildman–Crippen MR) is 115 cm³/mol. The zero-order valence-corrected chi connectivity index (χ0v) is 16.6. The van der Waals surface area contributed by atoms with E-state index in [9.17, 15) is 4.79 Å². The molecule has 0 N–H and O–H groups in total. The summed E-state index contributed by atoms with van der Waals surface area (Å²) < 4.78 is 0. The van der Waals surface area contributed by atoms with Crippen LogP contribution in [0, 0.1) is 0 Å². The van der Waals surface area contributed by atoms with Crippen LogP contribution in [0.4, 0.5) is 0 Å². The Morgan fingerprint density at radius 1 is 0.778 bits per heavy atom. The molecular formula is C23H22ClNOS. The zero-order valence-electron chi connectivity index (χ0n) is 15.1. The third-order valence-corrected chi connectivity index (χ3v) is 5.56. The van der Waals surface area contributed by atoms with E-state index in [-0.39, 0.29) is 5.91 Å². The number of carbonyl (C=O) groups is 1. The molecule has 3 rings (SSSR count).